The van der Waals surface area contributed by atoms with Crippen molar-refractivity contribution in [3.63, 3.8) is 0 Å². The molecular weight excluding hydrogens is 562 g/mol. The summed E-state index contributed by atoms with van der Waals surface area (Å²) in [6.07, 6.45) is -0.623. The van der Waals surface area contributed by atoms with Crippen LogP contribution in [0.5, 0.6) is 0 Å². The van der Waals surface area contributed by atoms with E-state index >= 15 is 0 Å². The van der Waals surface area contributed by atoms with Gasteiger partial charge in [-0.2, -0.15) is 0 Å². The fraction of sp³-hybridized carbons (Fsp3) is 0.941. The lowest BCUT2D eigenvalue weighted by Gasteiger charge is -2.49. The summed E-state index contributed by atoms with van der Waals surface area (Å²) in [5, 5.41) is 11.3. The Hall–Kier alpha value is -1.14. The Bertz CT molecular complexity index is 978. The number of hydrogen-bond acceptors (Lipinski definition) is 10. The number of likely N-dealkylation sites (tertiary alicyclic amines) is 1. The monoisotopic (exact) mass is 625 g/mol. The number of cyclic esters (lactones) is 1. The second-order valence-corrected chi connectivity index (χ2v) is 16.1. The molecule has 1 N–H and O–H groups in total. The second kappa shape index (κ2) is 14.3. The van der Waals surface area contributed by atoms with Crippen LogP contribution < -0.4 is 0 Å². The van der Waals surface area contributed by atoms with Crippen LogP contribution in [0.4, 0.5) is 0 Å². The third kappa shape index (κ3) is 8.41. The number of carbonyl (C=O) groups excluding carboxylic acids is 2. The average Bonchev–Trinajstić information content (AvgIpc) is 2.89. The van der Waals surface area contributed by atoms with Crippen LogP contribution >= 0.6 is 0 Å². The maximum atomic E-state index is 14.2. The molecule has 256 valence electrons. The Morgan fingerprint density at radius 2 is 1.68 bits per heavy atom. The minimum Gasteiger partial charge on any atom is -0.463 e. The first-order valence-corrected chi connectivity index (χ1v) is 16.6. The number of methoxy groups -OCH3 is 1. The zero-order valence-corrected chi connectivity index (χ0v) is 29.9. The second-order valence-electron chi connectivity index (χ2n) is 16.1. The van der Waals surface area contributed by atoms with Crippen LogP contribution in [0.25, 0.3) is 0 Å². The van der Waals surface area contributed by atoms with Crippen molar-refractivity contribution < 1.29 is 33.6 Å². The molecule has 3 aliphatic rings. The maximum absolute atomic E-state index is 14.2. The summed E-state index contributed by atoms with van der Waals surface area (Å²) < 4.78 is 25.0. The van der Waals surface area contributed by atoms with Crippen molar-refractivity contribution in [3.05, 3.63) is 0 Å². The molecule has 0 bridgehead atoms. The predicted octanol–water partition coefficient (Wildman–Crippen LogP) is 3.44. The molecule has 0 aromatic heterocycles. The number of ether oxygens (including phenoxy) is 4. The first-order chi connectivity index (χ1) is 20.2. The minimum atomic E-state index is -1.40. The van der Waals surface area contributed by atoms with Gasteiger partial charge in [0.05, 0.1) is 17.8 Å². The molecule has 0 amide bonds. The van der Waals surface area contributed by atoms with E-state index < -0.39 is 41.4 Å². The Labute approximate surface area is 267 Å². The SMILES string of the molecule is CO[C@]1(C)C[C@@H](C)CN(C)[C@H](CC2CN(C(C)(C)C)C2)COC(=O)C(C)(C)C(=O)[C@H](C)[C@H]1O[C@@H]1O[C@H](C)C[C@H](N(C)C)[C@H]1O. The van der Waals surface area contributed by atoms with Crippen LogP contribution in [0.3, 0.4) is 0 Å². The zero-order valence-electron chi connectivity index (χ0n) is 29.9. The lowest BCUT2D eigenvalue weighted by Crippen LogP contribution is -2.59. The molecule has 3 rings (SSSR count). The van der Waals surface area contributed by atoms with E-state index in [2.05, 4.69) is 44.5 Å². The fourth-order valence-electron chi connectivity index (χ4n) is 7.49. The quantitative estimate of drug-likeness (QED) is 0.349. The van der Waals surface area contributed by atoms with Gasteiger partial charge in [0.25, 0.3) is 0 Å². The molecule has 0 saturated carbocycles. The molecule has 44 heavy (non-hydrogen) atoms. The van der Waals surface area contributed by atoms with E-state index in [0.717, 1.165) is 26.1 Å². The van der Waals surface area contributed by atoms with Gasteiger partial charge in [0.15, 0.2) is 12.1 Å². The van der Waals surface area contributed by atoms with Gasteiger partial charge in [-0.25, -0.2) is 0 Å². The zero-order chi connectivity index (χ0) is 33.4. The van der Waals surface area contributed by atoms with Crippen LogP contribution in [-0.2, 0) is 28.5 Å². The molecule has 0 aromatic rings. The molecule has 3 saturated heterocycles. The van der Waals surface area contributed by atoms with Gasteiger partial charge < -0.3 is 29.0 Å². The maximum Gasteiger partial charge on any atom is 0.319 e. The number of likely N-dealkylation sites (N-methyl/N-ethyl adjacent to an activating group) is 2. The molecular formula is C34H63N3O7. The molecule has 3 fully saturated rings. The summed E-state index contributed by atoms with van der Waals surface area (Å²) in [5.74, 6) is -0.858. The minimum absolute atomic E-state index is 0.0358. The molecule has 9 atom stereocenters. The van der Waals surface area contributed by atoms with Crippen LogP contribution in [0, 0.1) is 23.2 Å². The number of carbonyl (C=O) groups is 2. The molecule has 0 aromatic carbocycles. The summed E-state index contributed by atoms with van der Waals surface area (Å²) in [7, 11) is 7.60. The Balaban J connectivity index is 1.92. The number of aliphatic hydroxyl groups excluding tert-OH is 1. The first-order valence-electron chi connectivity index (χ1n) is 16.6. The van der Waals surface area contributed by atoms with Gasteiger partial charge in [-0.15, -0.1) is 0 Å². The van der Waals surface area contributed by atoms with E-state index in [9.17, 15) is 14.7 Å². The van der Waals surface area contributed by atoms with Crippen molar-refractivity contribution in [1.29, 1.82) is 0 Å². The van der Waals surface area contributed by atoms with Crippen molar-refractivity contribution in [2.24, 2.45) is 23.2 Å². The molecule has 0 radical (unpaired) electrons. The van der Waals surface area contributed by atoms with Crippen molar-refractivity contribution in [3.8, 4) is 0 Å². The molecule has 3 heterocycles. The number of rotatable bonds is 6. The standard InChI is InChI=1S/C34H63N3O7/c1-21-16-34(9,41-13)29(44-30-27(38)26(35(10)11)14-22(2)43-30)23(3)28(39)33(7,8)31(40)42-20-25(36(12)17-21)15-24-18-37(19-24)32(4,5)6/h21-27,29-30,38H,14-20H2,1-13H3/t21-,22-,23+,25-,26+,27-,29-,30+,34-/m1/s1. The lowest BCUT2D eigenvalue weighted by atomic mass is 9.74. The van der Waals surface area contributed by atoms with Gasteiger partial charge >= 0.3 is 5.97 Å². The average molecular weight is 626 g/mol. The van der Waals surface area contributed by atoms with Crippen molar-refractivity contribution >= 4 is 11.8 Å². The number of nitrogens with zero attached hydrogens (tertiary/aromatic N) is 3. The van der Waals surface area contributed by atoms with Gasteiger partial charge in [0, 0.05) is 50.3 Å². The smallest absolute Gasteiger partial charge is 0.319 e. The highest BCUT2D eigenvalue weighted by molar-refractivity contribution is 6.04. The van der Waals surface area contributed by atoms with Gasteiger partial charge in [0.1, 0.15) is 18.1 Å². The number of esters is 1. The molecule has 0 spiro atoms. The normalized spacial score (nSPS) is 39.2. The number of aliphatic hydroxyl groups is 1. The predicted molar refractivity (Wildman–Crippen MR) is 171 cm³/mol. The topological polar surface area (TPSA) is 101 Å². The van der Waals surface area contributed by atoms with E-state index in [4.69, 9.17) is 18.9 Å². The number of Topliss-reactive ketones (excluding diaryl/α,β-unsaturated/α-hetero) is 1. The van der Waals surface area contributed by atoms with E-state index in [1.54, 1.807) is 27.9 Å². The van der Waals surface area contributed by atoms with Crippen LogP contribution in [0.2, 0.25) is 0 Å². The van der Waals surface area contributed by atoms with E-state index in [1.165, 1.54) is 0 Å². The highest BCUT2D eigenvalue weighted by Crippen LogP contribution is 2.38. The largest absolute Gasteiger partial charge is 0.463 e. The number of hydrogen-bond donors (Lipinski definition) is 1. The highest BCUT2D eigenvalue weighted by Gasteiger charge is 2.51. The van der Waals surface area contributed by atoms with Gasteiger partial charge in [-0.05, 0) is 101 Å². The summed E-state index contributed by atoms with van der Waals surface area (Å²) in [5.41, 5.74) is -2.16. The molecule has 10 heteroatoms. The van der Waals surface area contributed by atoms with Gasteiger partial charge in [0.2, 0.25) is 0 Å². The first kappa shape index (κ1) is 37.3. The number of ketones is 1. The van der Waals surface area contributed by atoms with E-state index in [-0.39, 0.29) is 42.0 Å². The summed E-state index contributed by atoms with van der Waals surface area (Å²) in [4.78, 5) is 34.5. The van der Waals surface area contributed by atoms with Crippen molar-refractivity contribution in [2.75, 3.05) is 54.5 Å². The Morgan fingerprint density at radius 1 is 1.07 bits per heavy atom. The fourth-order valence-corrected chi connectivity index (χ4v) is 7.49. The van der Waals surface area contributed by atoms with Gasteiger partial charge in [-0.3, -0.25) is 19.4 Å². The Morgan fingerprint density at radius 3 is 2.23 bits per heavy atom. The summed E-state index contributed by atoms with van der Waals surface area (Å²) in [6.45, 7) is 21.0. The summed E-state index contributed by atoms with van der Waals surface area (Å²) in [6, 6.07) is -0.130. The molecule has 0 aliphatic carbocycles. The third-order valence-corrected chi connectivity index (χ3v) is 10.5. The van der Waals surface area contributed by atoms with E-state index in [0.29, 0.717) is 18.8 Å². The highest BCUT2D eigenvalue weighted by atomic mass is 16.7. The van der Waals surface area contributed by atoms with E-state index in [1.807, 2.05) is 32.8 Å². The van der Waals surface area contributed by atoms with Gasteiger partial charge in [-0.1, -0.05) is 13.8 Å². The van der Waals surface area contributed by atoms with Crippen molar-refractivity contribution in [1.82, 2.24) is 14.7 Å². The molecule has 0 unspecified atom stereocenters. The molecule has 10 nitrogen and oxygen atoms in total. The van der Waals surface area contributed by atoms with Crippen molar-refractivity contribution in [2.45, 2.75) is 129 Å². The van der Waals surface area contributed by atoms with Crippen LogP contribution in [-0.4, -0.2) is 134 Å². The molecule has 3 aliphatic heterocycles. The Kier molecular flexibility index (Phi) is 12.1. The lowest BCUT2D eigenvalue weighted by molar-refractivity contribution is -0.295. The van der Waals surface area contributed by atoms with Crippen LogP contribution in [0.15, 0.2) is 0 Å². The van der Waals surface area contributed by atoms with Crippen LogP contribution in [0.1, 0.15) is 81.6 Å². The summed E-state index contributed by atoms with van der Waals surface area (Å²) >= 11 is 0. The third-order valence-electron chi connectivity index (χ3n) is 10.5.